The van der Waals surface area contributed by atoms with Crippen LogP contribution in [0.25, 0.3) is 0 Å². The SMILES string of the molecule is CCO[Si]1(CCCI)OC(C)COCC(C)O1. The summed E-state index contributed by atoms with van der Waals surface area (Å²) in [6, 6.07) is 0.901. The molecule has 0 bridgehead atoms. The summed E-state index contributed by atoms with van der Waals surface area (Å²) in [5, 5.41) is 0. The third-order valence-electron chi connectivity index (χ3n) is 2.45. The molecule has 0 saturated carbocycles. The number of halogens is 1. The first-order valence-electron chi connectivity index (χ1n) is 6.25. The molecule has 2 unspecified atom stereocenters. The van der Waals surface area contributed by atoms with Gasteiger partial charge in [0.1, 0.15) is 0 Å². The van der Waals surface area contributed by atoms with Crippen LogP contribution in [0, 0.1) is 0 Å². The van der Waals surface area contributed by atoms with Gasteiger partial charge in [0.25, 0.3) is 0 Å². The molecule has 1 rings (SSSR count). The molecule has 1 saturated heterocycles. The predicted molar refractivity (Wildman–Crippen MR) is 77.6 cm³/mol. The van der Waals surface area contributed by atoms with Gasteiger partial charge in [-0.3, -0.25) is 0 Å². The van der Waals surface area contributed by atoms with Gasteiger partial charge in [-0.15, -0.1) is 0 Å². The number of rotatable bonds is 5. The molecule has 17 heavy (non-hydrogen) atoms. The third kappa shape index (κ3) is 5.52. The van der Waals surface area contributed by atoms with Crippen molar-refractivity contribution in [3.05, 3.63) is 0 Å². The van der Waals surface area contributed by atoms with E-state index in [1.807, 2.05) is 20.8 Å². The topological polar surface area (TPSA) is 36.9 Å². The average Bonchev–Trinajstić information content (AvgIpc) is 2.24. The zero-order chi connectivity index (χ0) is 12.7. The number of alkyl halides is 1. The first-order valence-corrected chi connectivity index (χ1v) is 9.71. The van der Waals surface area contributed by atoms with Crippen molar-refractivity contribution in [1.82, 2.24) is 0 Å². The lowest BCUT2D eigenvalue weighted by molar-refractivity contribution is -0.0713. The van der Waals surface area contributed by atoms with Gasteiger partial charge in [0.2, 0.25) is 0 Å². The highest BCUT2D eigenvalue weighted by Crippen LogP contribution is 2.24. The van der Waals surface area contributed by atoms with Crippen LogP contribution in [0.1, 0.15) is 27.2 Å². The smallest absolute Gasteiger partial charge is 0.376 e. The highest BCUT2D eigenvalue weighted by atomic mass is 127. The van der Waals surface area contributed by atoms with E-state index in [-0.39, 0.29) is 12.2 Å². The van der Waals surface area contributed by atoms with Crippen molar-refractivity contribution >= 4 is 31.4 Å². The third-order valence-corrected chi connectivity index (χ3v) is 6.43. The van der Waals surface area contributed by atoms with Crippen molar-refractivity contribution in [3.8, 4) is 0 Å². The maximum atomic E-state index is 6.06. The van der Waals surface area contributed by atoms with E-state index in [4.69, 9.17) is 18.0 Å². The molecule has 0 aromatic carbocycles. The lowest BCUT2D eigenvalue weighted by atomic mass is 10.4. The van der Waals surface area contributed by atoms with Gasteiger partial charge >= 0.3 is 8.80 Å². The zero-order valence-corrected chi connectivity index (χ0v) is 14.1. The van der Waals surface area contributed by atoms with Gasteiger partial charge < -0.3 is 18.0 Å². The predicted octanol–water partition coefficient (Wildman–Crippen LogP) is 2.63. The van der Waals surface area contributed by atoms with Crippen LogP contribution in [-0.4, -0.2) is 45.3 Å². The van der Waals surface area contributed by atoms with Crippen molar-refractivity contribution < 1.29 is 18.0 Å². The van der Waals surface area contributed by atoms with E-state index in [1.54, 1.807) is 0 Å². The highest BCUT2D eigenvalue weighted by molar-refractivity contribution is 14.1. The van der Waals surface area contributed by atoms with E-state index in [0.717, 1.165) is 16.9 Å². The quantitative estimate of drug-likeness (QED) is 0.421. The first-order chi connectivity index (χ1) is 8.12. The van der Waals surface area contributed by atoms with Crippen molar-refractivity contribution in [1.29, 1.82) is 0 Å². The summed E-state index contributed by atoms with van der Waals surface area (Å²) in [7, 11) is -2.50. The minimum atomic E-state index is -2.50. The van der Waals surface area contributed by atoms with Gasteiger partial charge in [0.15, 0.2) is 0 Å². The highest BCUT2D eigenvalue weighted by Gasteiger charge is 2.44. The Kier molecular flexibility index (Phi) is 7.51. The Hall–Kier alpha value is 0.787. The van der Waals surface area contributed by atoms with Crippen LogP contribution < -0.4 is 0 Å². The molecule has 0 aromatic rings. The first kappa shape index (κ1) is 15.8. The van der Waals surface area contributed by atoms with E-state index in [0.29, 0.717) is 19.8 Å². The Morgan fingerprint density at radius 2 is 1.82 bits per heavy atom. The zero-order valence-electron chi connectivity index (χ0n) is 10.9. The maximum absolute atomic E-state index is 6.06. The average molecular weight is 374 g/mol. The van der Waals surface area contributed by atoms with E-state index in [9.17, 15) is 0 Å². The Morgan fingerprint density at radius 3 is 2.29 bits per heavy atom. The molecule has 0 N–H and O–H groups in total. The molecule has 4 nitrogen and oxygen atoms in total. The Balaban J connectivity index is 2.71. The maximum Gasteiger partial charge on any atom is 0.501 e. The summed E-state index contributed by atoms with van der Waals surface area (Å²) in [6.45, 7) is 7.93. The minimum Gasteiger partial charge on any atom is -0.376 e. The molecule has 0 spiro atoms. The summed E-state index contributed by atoms with van der Waals surface area (Å²) >= 11 is 2.38. The Bertz CT molecular complexity index is 206. The Labute approximate surface area is 119 Å². The van der Waals surface area contributed by atoms with E-state index < -0.39 is 8.80 Å². The second-order valence-corrected chi connectivity index (χ2v) is 8.01. The molecule has 102 valence electrons. The van der Waals surface area contributed by atoms with Gasteiger partial charge in [-0.25, -0.2) is 0 Å². The monoisotopic (exact) mass is 374 g/mol. The number of hydrogen-bond donors (Lipinski definition) is 0. The molecule has 0 aromatic heterocycles. The summed E-state index contributed by atoms with van der Waals surface area (Å²) in [4.78, 5) is 0. The molecule has 6 heteroatoms. The second kappa shape index (κ2) is 8.06. The van der Waals surface area contributed by atoms with Gasteiger partial charge in [0.05, 0.1) is 25.4 Å². The van der Waals surface area contributed by atoms with Crippen LogP contribution in [0.4, 0.5) is 0 Å². The summed E-state index contributed by atoms with van der Waals surface area (Å²) in [5.74, 6) is 0. The van der Waals surface area contributed by atoms with E-state index in [2.05, 4.69) is 22.6 Å². The molecular formula is C11H23IO4Si. The Morgan fingerprint density at radius 1 is 1.24 bits per heavy atom. The fraction of sp³-hybridized carbons (Fsp3) is 1.00. The normalized spacial score (nSPS) is 35.3. The molecule has 1 fully saturated rings. The van der Waals surface area contributed by atoms with E-state index in [1.165, 1.54) is 0 Å². The van der Waals surface area contributed by atoms with Crippen molar-refractivity contribution in [2.75, 3.05) is 24.2 Å². The standard InChI is InChI=1S/C11H23IO4Si/c1-4-14-17(7-5-6-12)15-10(2)8-13-9-11(3)16-17/h10-11H,4-9H2,1-3H3. The van der Waals surface area contributed by atoms with Crippen molar-refractivity contribution in [2.45, 2.75) is 45.4 Å². The van der Waals surface area contributed by atoms with Crippen molar-refractivity contribution in [2.24, 2.45) is 0 Å². The van der Waals surface area contributed by atoms with Gasteiger partial charge in [-0.1, -0.05) is 22.6 Å². The lowest BCUT2D eigenvalue weighted by Gasteiger charge is -2.36. The van der Waals surface area contributed by atoms with Crippen LogP contribution in [-0.2, 0) is 18.0 Å². The fourth-order valence-electron chi connectivity index (χ4n) is 1.87. The van der Waals surface area contributed by atoms with E-state index >= 15 is 0 Å². The molecule has 1 aliphatic rings. The van der Waals surface area contributed by atoms with Gasteiger partial charge in [-0.2, -0.15) is 0 Å². The minimum absolute atomic E-state index is 0.0509. The van der Waals surface area contributed by atoms with Crippen LogP contribution in [0.15, 0.2) is 0 Å². The lowest BCUT2D eigenvalue weighted by Crippen LogP contribution is -2.52. The van der Waals surface area contributed by atoms with Crippen LogP contribution >= 0.6 is 22.6 Å². The molecule has 1 heterocycles. The van der Waals surface area contributed by atoms with Crippen LogP contribution in [0.3, 0.4) is 0 Å². The van der Waals surface area contributed by atoms with Crippen LogP contribution in [0.5, 0.6) is 0 Å². The molecule has 0 radical (unpaired) electrons. The summed E-state index contributed by atoms with van der Waals surface area (Å²) in [5.41, 5.74) is 0. The molecule has 0 aliphatic carbocycles. The molecule has 1 aliphatic heterocycles. The molecule has 0 amide bonds. The van der Waals surface area contributed by atoms with Gasteiger partial charge in [-0.05, 0) is 31.6 Å². The molecule has 2 atom stereocenters. The van der Waals surface area contributed by atoms with Crippen LogP contribution in [0.2, 0.25) is 6.04 Å². The second-order valence-electron chi connectivity index (χ2n) is 4.30. The largest absolute Gasteiger partial charge is 0.501 e. The summed E-state index contributed by atoms with van der Waals surface area (Å²) in [6.07, 6.45) is 1.18. The number of hydrogen-bond acceptors (Lipinski definition) is 4. The number of ether oxygens (including phenoxy) is 1. The van der Waals surface area contributed by atoms with Gasteiger partial charge in [0, 0.05) is 12.7 Å². The molecular weight excluding hydrogens is 351 g/mol. The fourth-order valence-corrected chi connectivity index (χ4v) is 5.95. The van der Waals surface area contributed by atoms with Crippen molar-refractivity contribution in [3.63, 3.8) is 0 Å². The summed E-state index contributed by atoms with van der Waals surface area (Å²) < 4.78 is 24.6.